The van der Waals surface area contributed by atoms with Gasteiger partial charge in [0.25, 0.3) is 0 Å². The van der Waals surface area contributed by atoms with E-state index in [-0.39, 0.29) is 18.5 Å². The number of amides is 1. The highest BCUT2D eigenvalue weighted by Crippen LogP contribution is 2.23. The van der Waals surface area contributed by atoms with E-state index in [1.54, 1.807) is 6.08 Å². The SMILES string of the molecule is CCCCCCCC/C=C/CC/C=C/C(O)C(COC1OC(CO)C(O)C(O)C1O)NC(=O)CCCCCCCC/C=C\C=C/CCCCCOC(=O)CCCCCCCCCCCCC. The largest absolute Gasteiger partial charge is 0.466 e. The number of ether oxygens (including phenoxy) is 3. The second-order valence-electron chi connectivity index (χ2n) is 18.6. The highest BCUT2D eigenvalue weighted by molar-refractivity contribution is 5.76. The number of hydrogen-bond acceptors (Lipinski definition) is 10. The van der Waals surface area contributed by atoms with Crippen molar-refractivity contribution in [2.75, 3.05) is 19.8 Å². The van der Waals surface area contributed by atoms with E-state index in [1.165, 1.54) is 96.3 Å². The van der Waals surface area contributed by atoms with E-state index >= 15 is 0 Å². The Morgan fingerprint density at radius 3 is 1.59 bits per heavy atom. The van der Waals surface area contributed by atoms with Crippen LogP contribution >= 0.6 is 0 Å². The van der Waals surface area contributed by atoms with Crippen molar-refractivity contribution in [2.24, 2.45) is 0 Å². The molecular formula is C55H99NO10. The summed E-state index contributed by atoms with van der Waals surface area (Å²) in [6.07, 6.45) is 44.8. The first-order chi connectivity index (χ1) is 32.2. The predicted molar refractivity (Wildman–Crippen MR) is 269 cm³/mol. The van der Waals surface area contributed by atoms with Crippen LogP contribution in [0, 0.1) is 0 Å². The van der Waals surface area contributed by atoms with Crippen molar-refractivity contribution >= 4 is 11.9 Å². The number of unbranched alkanes of at least 4 members (excludes halogenated alkanes) is 26. The normalized spacial score (nSPS) is 20.0. The summed E-state index contributed by atoms with van der Waals surface area (Å²) in [5.74, 6) is -0.259. The Kier molecular flexibility index (Phi) is 42.1. The molecule has 1 amide bonds. The Morgan fingerprint density at radius 2 is 1.03 bits per heavy atom. The molecule has 6 N–H and O–H groups in total. The van der Waals surface area contributed by atoms with Gasteiger partial charge in [-0.1, -0.05) is 184 Å². The van der Waals surface area contributed by atoms with Crippen LogP contribution in [0.1, 0.15) is 226 Å². The van der Waals surface area contributed by atoms with Crippen LogP contribution in [0.4, 0.5) is 0 Å². The lowest BCUT2D eigenvalue weighted by molar-refractivity contribution is -0.302. The summed E-state index contributed by atoms with van der Waals surface area (Å²) in [6, 6.07) is -0.844. The van der Waals surface area contributed by atoms with E-state index in [4.69, 9.17) is 14.2 Å². The Morgan fingerprint density at radius 1 is 0.561 bits per heavy atom. The molecule has 1 fully saturated rings. The van der Waals surface area contributed by atoms with Gasteiger partial charge in [0.1, 0.15) is 24.4 Å². The minimum absolute atomic E-state index is 0.0430. The maximum atomic E-state index is 13.0. The summed E-state index contributed by atoms with van der Waals surface area (Å²) in [5.41, 5.74) is 0. The van der Waals surface area contributed by atoms with Gasteiger partial charge in [0, 0.05) is 12.8 Å². The zero-order valence-corrected chi connectivity index (χ0v) is 41.9. The van der Waals surface area contributed by atoms with Crippen molar-refractivity contribution in [1.82, 2.24) is 5.32 Å². The van der Waals surface area contributed by atoms with E-state index in [0.29, 0.717) is 19.4 Å². The highest BCUT2D eigenvalue weighted by Gasteiger charge is 2.44. The van der Waals surface area contributed by atoms with Crippen molar-refractivity contribution in [3.63, 3.8) is 0 Å². The van der Waals surface area contributed by atoms with Crippen molar-refractivity contribution in [3.8, 4) is 0 Å². The fourth-order valence-corrected chi connectivity index (χ4v) is 8.09. The molecule has 7 atom stereocenters. The molecule has 1 rings (SSSR count). The predicted octanol–water partition coefficient (Wildman–Crippen LogP) is 11.3. The molecule has 11 heteroatoms. The van der Waals surface area contributed by atoms with E-state index in [2.05, 4.69) is 55.6 Å². The standard InChI is InChI=1S/C55H99NO10/c1-3-5-7-9-11-13-15-22-25-29-33-37-41-48(58)47(46-65-55-54(63)53(62)52(61)49(45-57)66-55)56-50(59)42-38-34-30-26-23-19-17-16-18-20-24-28-32-36-40-44-64-51(60)43-39-35-31-27-21-14-12-10-8-6-4-2/h16,18,20,22,24-25,37,41,47-49,52-55,57-58,61-63H,3-15,17,19,21,23,26-36,38-40,42-46H2,1-2H3,(H,56,59)/b18-16-,24-20-,25-22+,41-37+. The van der Waals surface area contributed by atoms with Gasteiger partial charge < -0.3 is 45.1 Å². The van der Waals surface area contributed by atoms with Crippen LogP contribution in [0.5, 0.6) is 0 Å². The van der Waals surface area contributed by atoms with Crippen molar-refractivity contribution in [2.45, 2.75) is 269 Å². The zero-order valence-electron chi connectivity index (χ0n) is 41.9. The van der Waals surface area contributed by atoms with Gasteiger partial charge >= 0.3 is 5.97 Å². The molecule has 0 aromatic rings. The first kappa shape index (κ1) is 61.6. The summed E-state index contributed by atoms with van der Waals surface area (Å²) >= 11 is 0. The molecule has 0 radical (unpaired) electrons. The summed E-state index contributed by atoms with van der Waals surface area (Å²) in [7, 11) is 0. The lowest BCUT2D eigenvalue weighted by Gasteiger charge is -2.40. The lowest BCUT2D eigenvalue weighted by Crippen LogP contribution is -2.60. The van der Waals surface area contributed by atoms with Gasteiger partial charge in [-0.25, -0.2) is 0 Å². The van der Waals surface area contributed by atoms with Gasteiger partial charge in [0.2, 0.25) is 5.91 Å². The summed E-state index contributed by atoms with van der Waals surface area (Å²) < 4.78 is 16.6. The fraction of sp³-hybridized carbons (Fsp3) is 0.818. The average Bonchev–Trinajstić information content (AvgIpc) is 3.31. The second kappa shape index (κ2) is 45.1. The molecule has 0 spiro atoms. The number of rotatable bonds is 45. The van der Waals surface area contributed by atoms with E-state index in [1.807, 2.05) is 6.08 Å². The Labute approximate surface area is 402 Å². The molecule has 0 bridgehead atoms. The average molecular weight is 934 g/mol. The molecule has 384 valence electrons. The molecule has 7 unspecified atom stereocenters. The second-order valence-corrected chi connectivity index (χ2v) is 18.6. The smallest absolute Gasteiger partial charge is 0.305 e. The molecule has 0 aliphatic carbocycles. The molecule has 1 aliphatic heterocycles. The number of nitrogens with one attached hydrogen (secondary N) is 1. The lowest BCUT2D eigenvalue weighted by atomic mass is 9.99. The summed E-state index contributed by atoms with van der Waals surface area (Å²) in [4.78, 5) is 25.0. The van der Waals surface area contributed by atoms with Gasteiger partial charge in [-0.2, -0.15) is 0 Å². The molecule has 0 saturated carbocycles. The Hall–Kier alpha value is -2.38. The summed E-state index contributed by atoms with van der Waals surface area (Å²) in [6.45, 7) is 4.22. The summed E-state index contributed by atoms with van der Waals surface area (Å²) in [5, 5.41) is 54.2. The topological polar surface area (TPSA) is 175 Å². The molecular weight excluding hydrogens is 835 g/mol. The van der Waals surface area contributed by atoms with Crippen molar-refractivity contribution in [3.05, 3.63) is 48.6 Å². The Balaban J connectivity index is 2.21. The zero-order chi connectivity index (χ0) is 48.1. The number of allylic oxidation sites excluding steroid dienone is 7. The number of carbonyl (C=O) groups excluding carboxylic acids is 2. The maximum Gasteiger partial charge on any atom is 0.305 e. The van der Waals surface area contributed by atoms with Gasteiger partial charge in [0.05, 0.1) is 32.0 Å². The van der Waals surface area contributed by atoms with Gasteiger partial charge in [-0.05, 0) is 77.0 Å². The number of esters is 1. The van der Waals surface area contributed by atoms with Crippen LogP contribution in [0.3, 0.4) is 0 Å². The maximum absolute atomic E-state index is 13.0. The van der Waals surface area contributed by atoms with Gasteiger partial charge in [0.15, 0.2) is 6.29 Å². The van der Waals surface area contributed by atoms with Gasteiger partial charge in [-0.3, -0.25) is 9.59 Å². The van der Waals surface area contributed by atoms with Crippen molar-refractivity contribution < 1.29 is 49.3 Å². The van der Waals surface area contributed by atoms with Crippen LogP contribution in [0.2, 0.25) is 0 Å². The van der Waals surface area contributed by atoms with Crippen LogP contribution in [0.25, 0.3) is 0 Å². The van der Waals surface area contributed by atoms with Gasteiger partial charge in [-0.15, -0.1) is 0 Å². The highest BCUT2D eigenvalue weighted by atomic mass is 16.7. The molecule has 1 aliphatic rings. The fourth-order valence-electron chi connectivity index (χ4n) is 8.09. The number of carbonyl (C=O) groups is 2. The monoisotopic (exact) mass is 934 g/mol. The third-order valence-corrected chi connectivity index (χ3v) is 12.4. The number of aliphatic hydroxyl groups is 5. The van der Waals surface area contributed by atoms with Crippen LogP contribution < -0.4 is 5.32 Å². The molecule has 11 nitrogen and oxygen atoms in total. The minimum Gasteiger partial charge on any atom is -0.466 e. The quantitative estimate of drug-likeness (QED) is 0.0149. The van der Waals surface area contributed by atoms with E-state index < -0.39 is 49.5 Å². The van der Waals surface area contributed by atoms with E-state index in [9.17, 15) is 35.1 Å². The molecule has 0 aromatic carbocycles. The third-order valence-electron chi connectivity index (χ3n) is 12.4. The van der Waals surface area contributed by atoms with Crippen LogP contribution in [0.15, 0.2) is 48.6 Å². The molecule has 0 aromatic heterocycles. The van der Waals surface area contributed by atoms with E-state index in [0.717, 1.165) is 103 Å². The van der Waals surface area contributed by atoms with Crippen molar-refractivity contribution in [1.29, 1.82) is 0 Å². The molecule has 1 saturated heterocycles. The Bertz CT molecular complexity index is 1240. The molecule has 1 heterocycles. The first-order valence-electron chi connectivity index (χ1n) is 26.9. The number of aliphatic hydroxyl groups excluding tert-OH is 5. The number of hydrogen-bond donors (Lipinski definition) is 6. The van der Waals surface area contributed by atoms with Crippen LogP contribution in [-0.2, 0) is 23.8 Å². The van der Waals surface area contributed by atoms with Crippen LogP contribution in [-0.4, -0.2) is 100 Å². The first-order valence-corrected chi connectivity index (χ1v) is 26.9. The molecule has 66 heavy (non-hydrogen) atoms. The minimum atomic E-state index is -1.58. The third kappa shape index (κ3) is 34.8.